The molecular formula is C33H36ClN9O5S. The number of carbonyl (C=O) groups excluding carboxylic acids is 5. The number of aryl methyl sites for hydroxylation is 3. The first kappa shape index (κ1) is 36.3. The summed E-state index contributed by atoms with van der Waals surface area (Å²) in [6.07, 6.45) is 7.60. The molecule has 16 heteroatoms. The quantitative estimate of drug-likeness (QED) is 0.0270. The van der Waals surface area contributed by atoms with Gasteiger partial charge in [0.1, 0.15) is 17.1 Å². The fourth-order valence-corrected chi connectivity index (χ4v) is 5.51. The Labute approximate surface area is 291 Å². The van der Waals surface area contributed by atoms with E-state index in [0.29, 0.717) is 22.9 Å². The molecule has 0 aliphatic carbocycles. The summed E-state index contributed by atoms with van der Waals surface area (Å²) in [5, 5.41) is 17.9. The van der Waals surface area contributed by atoms with Gasteiger partial charge in [-0.3, -0.25) is 29.4 Å². The summed E-state index contributed by atoms with van der Waals surface area (Å²) in [6.45, 7) is 0.209. The Morgan fingerprint density at radius 3 is 1.78 bits per heavy atom. The highest BCUT2D eigenvalue weighted by Crippen LogP contribution is 2.21. The smallest absolute Gasteiger partial charge is 0.296 e. The summed E-state index contributed by atoms with van der Waals surface area (Å²) in [5.74, 6) is -1.69. The summed E-state index contributed by atoms with van der Waals surface area (Å²) in [7, 11) is 4.91. The van der Waals surface area contributed by atoms with E-state index >= 15 is 0 Å². The molecular weight excluding hydrogens is 670 g/mol. The number of rotatable bonds is 15. The maximum Gasteiger partial charge on any atom is 0.296 e. The highest BCUT2D eigenvalue weighted by Gasteiger charge is 2.19. The van der Waals surface area contributed by atoms with Crippen LogP contribution in [0.4, 0.5) is 17.1 Å². The maximum atomic E-state index is 13.1. The first-order chi connectivity index (χ1) is 23.3. The highest BCUT2D eigenvalue weighted by atomic mass is 35.5. The van der Waals surface area contributed by atoms with E-state index in [-0.39, 0.29) is 41.8 Å². The van der Waals surface area contributed by atoms with Crippen molar-refractivity contribution in [2.45, 2.75) is 11.3 Å². The molecule has 0 spiro atoms. The second-order valence-corrected chi connectivity index (χ2v) is 12.4. The standard InChI is InChI=1S/C33H36ClN9O5S/c1-41-17-21(14-25(41)30(45)37-12-10-29(35)36)38-31(46)26-15-22(18-42(26)2)39-32(47)27-16-23(19-43(27)3)40-33(48)28(44)9-6-20-4-7-24(8-5-20)49-13-11-34/h4-9,14-19H,10-13H2,1-3H3,(H3,35,36)(H,37,45)(H,38,46)(H,39,47)(H,40,48)/b9-6+. The summed E-state index contributed by atoms with van der Waals surface area (Å²) in [5.41, 5.74) is 7.79. The Bertz CT molecular complexity index is 1920. The number of carbonyl (C=O) groups is 5. The Morgan fingerprint density at radius 1 is 0.796 bits per heavy atom. The normalized spacial score (nSPS) is 10.9. The second-order valence-electron chi connectivity index (χ2n) is 10.9. The number of nitrogens with one attached hydrogen (secondary N) is 5. The van der Waals surface area contributed by atoms with Crippen molar-refractivity contribution in [1.82, 2.24) is 19.0 Å². The Hall–Kier alpha value is -5.54. The van der Waals surface area contributed by atoms with Crippen molar-refractivity contribution in [2.24, 2.45) is 26.9 Å². The fraction of sp³-hybridized carbons (Fsp3) is 0.212. The minimum Gasteiger partial charge on any atom is -0.388 e. The van der Waals surface area contributed by atoms with Crippen molar-refractivity contribution < 1.29 is 24.0 Å². The third kappa shape index (κ3) is 9.98. The third-order valence-electron chi connectivity index (χ3n) is 7.04. The molecule has 0 bridgehead atoms. The van der Waals surface area contributed by atoms with Crippen LogP contribution in [0.3, 0.4) is 0 Å². The lowest BCUT2D eigenvalue weighted by Gasteiger charge is -2.04. The molecule has 4 rings (SSSR count). The van der Waals surface area contributed by atoms with Gasteiger partial charge in [0, 0.05) is 69.2 Å². The molecule has 0 saturated heterocycles. The van der Waals surface area contributed by atoms with E-state index in [9.17, 15) is 24.0 Å². The molecule has 14 nitrogen and oxygen atoms in total. The van der Waals surface area contributed by atoms with E-state index in [4.69, 9.17) is 22.7 Å². The molecule has 1 aromatic carbocycles. The molecule has 0 aliphatic rings. The van der Waals surface area contributed by atoms with Crippen molar-refractivity contribution in [3.8, 4) is 0 Å². The zero-order valence-electron chi connectivity index (χ0n) is 27.0. The number of anilines is 3. The number of alkyl halides is 1. The van der Waals surface area contributed by atoms with Crippen LogP contribution in [-0.2, 0) is 30.7 Å². The number of amides is 4. The summed E-state index contributed by atoms with van der Waals surface area (Å²) >= 11 is 7.34. The number of ketones is 1. The number of aromatic nitrogens is 3. The SMILES string of the molecule is Cn1cc(NC(=O)c2cc(NC(=O)c3cc(NC(=O)C(=O)/C=C/c4ccc(SCCCl)cc4)cn3C)cn2C)cc1C(=O)NCCC(=N)N. The van der Waals surface area contributed by atoms with Gasteiger partial charge in [0.25, 0.3) is 23.6 Å². The van der Waals surface area contributed by atoms with E-state index < -0.39 is 23.5 Å². The number of nitrogens with two attached hydrogens (primary N) is 1. The second kappa shape index (κ2) is 16.5. The third-order valence-corrected chi connectivity index (χ3v) is 8.47. The van der Waals surface area contributed by atoms with E-state index in [2.05, 4.69) is 21.3 Å². The molecule has 7 N–H and O–H groups in total. The van der Waals surface area contributed by atoms with Crippen LogP contribution in [0.25, 0.3) is 6.08 Å². The number of benzene rings is 1. The number of halogens is 1. The first-order valence-corrected chi connectivity index (χ1v) is 16.4. The monoisotopic (exact) mass is 705 g/mol. The number of hydrogen-bond donors (Lipinski definition) is 6. The van der Waals surface area contributed by atoms with Crippen LogP contribution in [-0.4, -0.2) is 67.1 Å². The van der Waals surface area contributed by atoms with Crippen molar-refractivity contribution in [2.75, 3.05) is 34.1 Å². The number of amidine groups is 1. The first-order valence-electron chi connectivity index (χ1n) is 14.9. The van der Waals surface area contributed by atoms with Crippen molar-refractivity contribution in [3.05, 3.63) is 89.8 Å². The zero-order chi connectivity index (χ0) is 35.7. The van der Waals surface area contributed by atoms with Gasteiger partial charge in [-0.05, 0) is 42.0 Å². The average molecular weight is 706 g/mol. The van der Waals surface area contributed by atoms with Crippen LogP contribution in [0.1, 0.15) is 43.4 Å². The lowest BCUT2D eigenvalue weighted by atomic mass is 10.2. The topological polar surface area (TPSA) is 198 Å². The van der Waals surface area contributed by atoms with Crippen LogP contribution >= 0.6 is 23.4 Å². The van der Waals surface area contributed by atoms with Crippen molar-refractivity contribution >= 4 is 81.7 Å². The van der Waals surface area contributed by atoms with Gasteiger partial charge in [0.2, 0.25) is 5.78 Å². The molecule has 3 aromatic heterocycles. The van der Waals surface area contributed by atoms with Crippen LogP contribution in [0.15, 0.2) is 72.0 Å². The predicted octanol–water partition coefficient (Wildman–Crippen LogP) is 3.81. The van der Waals surface area contributed by atoms with E-state index in [1.807, 2.05) is 24.3 Å². The Balaban J connectivity index is 1.33. The number of hydrogen-bond acceptors (Lipinski definition) is 7. The Kier molecular flexibility index (Phi) is 12.2. The summed E-state index contributed by atoms with van der Waals surface area (Å²) in [6, 6.07) is 11.9. The van der Waals surface area contributed by atoms with Gasteiger partial charge in [0.15, 0.2) is 0 Å². The van der Waals surface area contributed by atoms with Gasteiger partial charge in [-0.2, -0.15) is 0 Å². The van der Waals surface area contributed by atoms with Crippen LogP contribution in [0, 0.1) is 5.41 Å². The van der Waals surface area contributed by atoms with Gasteiger partial charge in [-0.15, -0.1) is 23.4 Å². The van der Waals surface area contributed by atoms with Crippen molar-refractivity contribution in [3.63, 3.8) is 0 Å². The van der Waals surface area contributed by atoms with E-state index in [0.717, 1.165) is 16.2 Å². The molecule has 0 fully saturated rings. The Morgan fingerprint density at radius 2 is 1.29 bits per heavy atom. The molecule has 49 heavy (non-hydrogen) atoms. The van der Waals surface area contributed by atoms with E-state index in [1.165, 1.54) is 39.6 Å². The molecule has 0 unspecified atom stereocenters. The van der Waals surface area contributed by atoms with Gasteiger partial charge < -0.3 is 40.7 Å². The minimum atomic E-state index is -0.860. The molecule has 4 amide bonds. The largest absolute Gasteiger partial charge is 0.388 e. The molecule has 0 aliphatic heterocycles. The molecule has 3 heterocycles. The van der Waals surface area contributed by atoms with Crippen LogP contribution < -0.4 is 27.0 Å². The van der Waals surface area contributed by atoms with Gasteiger partial charge in [-0.1, -0.05) is 18.2 Å². The molecule has 4 aromatic rings. The van der Waals surface area contributed by atoms with Crippen LogP contribution in [0.5, 0.6) is 0 Å². The lowest BCUT2D eigenvalue weighted by molar-refractivity contribution is -0.131. The number of thioether (sulfide) groups is 1. The van der Waals surface area contributed by atoms with Crippen molar-refractivity contribution in [1.29, 1.82) is 5.41 Å². The minimum absolute atomic E-state index is 0.0376. The lowest BCUT2D eigenvalue weighted by Crippen LogP contribution is -2.28. The van der Waals surface area contributed by atoms with Gasteiger partial charge >= 0.3 is 0 Å². The maximum absolute atomic E-state index is 13.1. The predicted molar refractivity (Wildman–Crippen MR) is 192 cm³/mol. The number of nitrogens with zero attached hydrogens (tertiary/aromatic N) is 3. The zero-order valence-corrected chi connectivity index (χ0v) is 28.6. The molecule has 0 atom stereocenters. The summed E-state index contributed by atoms with van der Waals surface area (Å²) in [4.78, 5) is 64.6. The highest BCUT2D eigenvalue weighted by molar-refractivity contribution is 7.99. The van der Waals surface area contributed by atoms with E-state index in [1.54, 1.807) is 55.9 Å². The molecule has 0 radical (unpaired) electrons. The fourth-order valence-electron chi connectivity index (χ4n) is 4.64. The van der Waals surface area contributed by atoms with Gasteiger partial charge in [0.05, 0.1) is 22.9 Å². The molecule has 0 saturated carbocycles. The summed E-state index contributed by atoms with van der Waals surface area (Å²) < 4.78 is 4.59. The molecule has 256 valence electrons. The average Bonchev–Trinajstić information content (AvgIpc) is 3.73. The van der Waals surface area contributed by atoms with Gasteiger partial charge in [-0.25, -0.2) is 0 Å². The van der Waals surface area contributed by atoms with Crippen LogP contribution in [0.2, 0.25) is 0 Å².